The van der Waals surface area contributed by atoms with Gasteiger partial charge in [0, 0.05) is 28.0 Å². The van der Waals surface area contributed by atoms with E-state index in [4.69, 9.17) is 5.73 Å². The van der Waals surface area contributed by atoms with E-state index in [1.807, 2.05) is 61.7 Å². The molecule has 7 heteroatoms. The van der Waals surface area contributed by atoms with E-state index in [-0.39, 0.29) is 11.7 Å². The lowest BCUT2D eigenvalue weighted by Crippen LogP contribution is -2.14. The Hall–Kier alpha value is -4.00. The van der Waals surface area contributed by atoms with Gasteiger partial charge in [0.05, 0.1) is 11.4 Å². The second-order valence-corrected chi connectivity index (χ2v) is 6.52. The van der Waals surface area contributed by atoms with Gasteiger partial charge in [0.25, 0.3) is 5.91 Å². The van der Waals surface area contributed by atoms with E-state index in [9.17, 15) is 4.79 Å². The number of aromatic nitrogens is 2. The fourth-order valence-corrected chi connectivity index (χ4v) is 3.08. The number of fused-ring (bicyclic) bond motifs is 2. The van der Waals surface area contributed by atoms with Gasteiger partial charge in [-0.3, -0.25) is 10.2 Å². The first-order valence-electron chi connectivity index (χ1n) is 8.76. The molecule has 2 heterocycles. The van der Waals surface area contributed by atoms with Crippen molar-refractivity contribution in [3.63, 3.8) is 0 Å². The maximum Gasteiger partial charge on any atom is 0.272 e. The molecule has 6 N–H and O–H groups in total. The van der Waals surface area contributed by atoms with Crippen molar-refractivity contribution in [1.82, 2.24) is 15.4 Å². The third-order valence-electron chi connectivity index (χ3n) is 4.49. The average Bonchev–Trinajstić information content (AvgIpc) is 3.32. The number of aromatic amines is 2. The summed E-state index contributed by atoms with van der Waals surface area (Å²) < 4.78 is 0. The van der Waals surface area contributed by atoms with Crippen LogP contribution in [0.4, 0.5) is 5.69 Å². The minimum atomic E-state index is -0.196. The molecule has 0 saturated carbocycles. The fraction of sp³-hybridized carbons (Fsp3) is 0.0476. The highest BCUT2D eigenvalue weighted by molar-refractivity contribution is 6.10. The summed E-state index contributed by atoms with van der Waals surface area (Å²) in [7, 11) is 0. The molecular formula is C21H20N6O. The van der Waals surface area contributed by atoms with Crippen LogP contribution >= 0.6 is 0 Å². The van der Waals surface area contributed by atoms with Gasteiger partial charge in [0.15, 0.2) is 0 Å². The number of anilines is 1. The highest BCUT2D eigenvalue weighted by Gasteiger charge is 2.12. The quantitative estimate of drug-likeness (QED) is 0.272. The SMILES string of the molecule is C=C(N)N/N=C(\C)c1ccc2[nH]c(C(=O)Nc3cccc4[nH]ccc34)cc2c1. The van der Waals surface area contributed by atoms with Gasteiger partial charge >= 0.3 is 0 Å². The lowest BCUT2D eigenvalue weighted by Gasteiger charge is -2.05. The molecule has 0 saturated heterocycles. The van der Waals surface area contributed by atoms with Crippen LogP contribution in [0.15, 0.2) is 72.2 Å². The lowest BCUT2D eigenvalue weighted by molar-refractivity contribution is 0.102. The summed E-state index contributed by atoms with van der Waals surface area (Å²) in [6, 6.07) is 15.3. The Balaban J connectivity index is 1.60. The van der Waals surface area contributed by atoms with Crippen molar-refractivity contribution >= 4 is 39.1 Å². The van der Waals surface area contributed by atoms with Crippen LogP contribution in [0, 0.1) is 0 Å². The summed E-state index contributed by atoms with van der Waals surface area (Å²) in [6.45, 7) is 5.42. The van der Waals surface area contributed by atoms with E-state index in [1.165, 1.54) is 0 Å². The normalized spacial score (nSPS) is 11.7. The number of nitrogens with two attached hydrogens (primary N) is 1. The molecule has 2 aromatic carbocycles. The topological polar surface area (TPSA) is 111 Å². The first-order valence-corrected chi connectivity index (χ1v) is 8.76. The summed E-state index contributed by atoms with van der Waals surface area (Å²) in [4.78, 5) is 19.0. The molecule has 140 valence electrons. The van der Waals surface area contributed by atoms with E-state index < -0.39 is 0 Å². The highest BCUT2D eigenvalue weighted by Crippen LogP contribution is 2.24. The number of amides is 1. The van der Waals surface area contributed by atoms with E-state index >= 15 is 0 Å². The van der Waals surface area contributed by atoms with Crippen LogP contribution in [0.25, 0.3) is 21.8 Å². The Morgan fingerprint density at radius 1 is 1.14 bits per heavy atom. The van der Waals surface area contributed by atoms with Crippen molar-refractivity contribution in [2.24, 2.45) is 10.8 Å². The van der Waals surface area contributed by atoms with Gasteiger partial charge in [-0.15, -0.1) is 0 Å². The Labute approximate surface area is 161 Å². The van der Waals surface area contributed by atoms with Crippen LogP contribution < -0.4 is 16.5 Å². The molecule has 4 rings (SSSR count). The lowest BCUT2D eigenvalue weighted by atomic mass is 10.1. The highest BCUT2D eigenvalue weighted by atomic mass is 16.1. The van der Waals surface area contributed by atoms with Crippen molar-refractivity contribution in [2.45, 2.75) is 6.92 Å². The third-order valence-corrected chi connectivity index (χ3v) is 4.49. The molecule has 7 nitrogen and oxygen atoms in total. The van der Waals surface area contributed by atoms with Crippen molar-refractivity contribution < 1.29 is 4.79 Å². The predicted molar refractivity (Wildman–Crippen MR) is 113 cm³/mol. The monoisotopic (exact) mass is 372 g/mol. The molecule has 4 aromatic rings. The Bertz CT molecular complexity index is 1230. The number of rotatable bonds is 5. The Morgan fingerprint density at radius 2 is 2.00 bits per heavy atom. The van der Waals surface area contributed by atoms with Crippen LogP contribution in [-0.4, -0.2) is 21.6 Å². The number of carbonyl (C=O) groups is 1. The minimum absolute atomic E-state index is 0.196. The number of nitrogens with one attached hydrogen (secondary N) is 4. The molecule has 0 aliphatic heterocycles. The van der Waals surface area contributed by atoms with Gasteiger partial charge in [-0.05, 0) is 48.9 Å². The van der Waals surface area contributed by atoms with Gasteiger partial charge < -0.3 is 21.0 Å². The molecule has 0 atom stereocenters. The number of benzene rings is 2. The van der Waals surface area contributed by atoms with Crippen LogP contribution in [-0.2, 0) is 0 Å². The second-order valence-electron chi connectivity index (χ2n) is 6.52. The molecule has 2 aromatic heterocycles. The number of hydrogen-bond donors (Lipinski definition) is 5. The molecule has 0 radical (unpaired) electrons. The zero-order valence-electron chi connectivity index (χ0n) is 15.3. The Morgan fingerprint density at radius 3 is 2.82 bits per heavy atom. The zero-order valence-corrected chi connectivity index (χ0v) is 15.3. The Kier molecular flexibility index (Phi) is 4.33. The summed E-state index contributed by atoms with van der Waals surface area (Å²) in [5.74, 6) is 0.0800. The van der Waals surface area contributed by atoms with Crippen LogP contribution in [0.3, 0.4) is 0 Å². The van der Waals surface area contributed by atoms with Gasteiger partial charge in [-0.25, -0.2) is 0 Å². The van der Waals surface area contributed by atoms with Crippen molar-refractivity contribution in [2.75, 3.05) is 5.32 Å². The van der Waals surface area contributed by atoms with Gasteiger partial charge in [-0.1, -0.05) is 18.7 Å². The average molecular weight is 372 g/mol. The summed E-state index contributed by atoms with van der Waals surface area (Å²) in [5, 5.41) is 9.03. The number of hydrazone groups is 1. The smallest absolute Gasteiger partial charge is 0.272 e. The minimum Gasteiger partial charge on any atom is -0.385 e. The first-order chi connectivity index (χ1) is 13.5. The standard InChI is InChI=1S/C21H20N6O/c1-12(26-27-13(2)22)14-6-7-17-15(10-14)11-20(24-17)21(28)25-19-5-3-4-18-16(19)8-9-23-18/h3-11,23-24,27H,2,22H2,1H3,(H,25,28)/b26-12+. The van der Waals surface area contributed by atoms with Crippen molar-refractivity contribution in [1.29, 1.82) is 0 Å². The number of hydrogen-bond acceptors (Lipinski definition) is 4. The maximum absolute atomic E-state index is 12.7. The second kappa shape index (κ2) is 6.96. The van der Waals surface area contributed by atoms with Crippen LogP contribution in [0.2, 0.25) is 0 Å². The molecule has 28 heavy (non-hydrogen) atoms. The van der Waals surface area contributed by atoms with Crippen molar-refractivity contribution in [3.8, 4) is 0 Å². The van der Waals surface area contributed by atoms with E-state index in [2.05, 4.69) is 32.4 Å². The summed E-state index contributed by atoms with van der Waals surface area (Å²) in [5.41, 5.74) is 12.9. The molecule has 0 aliphatic rings. The van der Waals surface area contributed by atoms with Crippen LogP contribution in [0.1, 0.15) is 23.0 Å². The molecule has 0 aliphatic carbocycles. The van der Waals surface area contributed by atoms with Gasteiger partial charge in [0.1, 0.15) is 11.5 Å². The van der Waals surface area contributed by atoms with Gasteiger partial charge in [0.2, 0.25) is 0 Å². The number of nitrogens with zero attached hydrogens (tertiary/aromatic N) is 1. The number of H-pyrrole nitrogens is 2. The summed E-state index contributed by atoms with van der Waals surface area (Å²) in [6.07, 6.45) is 1.85. The molecule has 0 fully saturated rings. The number of carbonyl (C=O) groups excluding carboxylic acids is 1. The molecule has 0 unspecified atom stereocenters. The molecule has 1 amide bonds. The van der Waals surface area contributed by atoms with E-state index in [0.717, 1.165) is 38.8 Å². The largest absolute Gasteiger partial charge is 0.385 e. The predicted octanol–water partition coefficient (Wildman–Crippen LogP) is 3.65. The first kappa shape index (κ1) is 17.4. The van der Waals surface area contributed by atoms with Crippen LogP contribution in [0.5, 0.6) is 0 Å². The third kappa shape index (κ3) is 3.33. The summed E-state index contributed by atoms with van der Waals surface area (Å²) >= 11 is 0. The zero-order chi connectivity index (χ0) is 19.7. The van der Waals surface area contributed by atoms with Gasteiger partial charge in [-0.2, -0.15) is 5.10 Å². The molecule has 0 bridgehead atoms. The van der Waals surface area contributed by atoms with E-state index in [1.54, 1.807) is 0 Å². The fourth-order valence-electron chi connectivity index (χ4n) is 3.08. The molecular weight excluding hydrogens is 352 g/mol. The maximum atomic E-state index is 12.7. The van der Waals surface area contributed by atoms with Crippen molar-refractivity contribution in [3.05, 3.63) is 78.4 Å². The van der Waals surface area contributed by atoms with E-state index in [0.29, 0.717) is 5.69 Å². The molecule has 0 spiro atoms.